The van der Waals surface area contributed by atoms with Gasteiger partial charge in [-0.05, 0) is 19.1 Å². The number of benzene rings is 1. The number of ether oxygens (including phenoxy) is 3. The Bertz CT molecular complexity index is 684. The summed E-state index contributed by atoms with van der Waals surface area (Å²) in [5, 5.41) is 2.62. The van der Waals surface area contributed by atoms with Crippen molar-refractivity contribution in [2.45, 2.75) is 13.0 Å². The van der Waals surface area contributed by atoms with E-state index in [4.69, 9.17) is 14.2 Å². The van der Waals surface area contributed by atoms with Crippen LogP contribution in [0.3, 0.4) is 0 Å². The fourth-order valence-electron chi connectivity index (χ4n) is 2.58. The zero-order valence-electron chi connectivity index (χ0n) is 14.6. The molecule has 25 heavy (non-hydrogen) atoms. The second-order valence-corrected chi connectivity index (χ2v) is 7.75. The van der Waals surface area contributed by atoms with E-state index in [0.717, 1.165) is 0 Å². The average Bonchev–Trinajstić information content (AvgIpc) is 2.61. The molecular weight excluding hydrogens is 348 g/mol. The van der Waals surface area contributed by atoms with Gasteiger partial charge in [-0.15, -0.1) is 0 Å². The first-order chi connectivity index (χ1) is 11.9. The topological polar surface area (TPSA) is 94.2 Å². The average molecular weight is 372 g/mol. The molecule has 1 heterocycles. The highest BCUT2D eigenvalue weighted by Crippen LogP contribution is 2.22. The number of hydrogen-bond acceptors (Lipinski definition) is 6. The molecule has 0 bridgehead atoms. The zero-order valence-corrected chi connectivity index (χ0v) is 15.5. The van der Waals surface area contributed by atoms with Gasteiger partial charge in [0.2, 0.25) is 10.0 Å². The first-order valence-corrected chi connectivity index (χ1v) is 9.57. The van der Waals surface area contributed by atoms with Crippen molar-refractivity contribution in [3.05, 3.63) is 23.8 Å². The van der Waals surface area contributed by atoms with E-state index in [9.17, 15) is 13.2 Å². The second-order valence-electron chi connectivity index (χ2n) is 5.71. The Morgan fingerprint density at radius 3 is 2.48 bits per heavy atom. The van der Waals surface area contributed by atoms with Crippen LogP contribution in [-0.2, 0) is 14.8 Å². The monoisotopic (exact) mass is 372 g/mol. The number of sulfonamides is 1. The van der Waals surface area contributed by atoms with E-state index in [0.29, 0.717) is 36.8 Å². The van der Waals surface area contributed by atoms with Gasteiger partial charge in [-0.2, -0.15) is 4.31 Å². The van der Waals surface area contributed by atoms with Gasteiger partial charge in [-0.3, -0.25) is 4.79 Å². The van der Waals surface area contributed by atoms with E-state index in [-0.39, 0.29) is 24.2 Å². The number of nitrogens with zero attached hydrogens (tertiary/aromatic N) is 1. The van der Waals surface area contributed by atoms with Crippen LogP contribution in [0.15, 0.2) is 18.2 Å². The van der Waals surface area contributed by atoms with Gasteiger partial charge in [0.25, 0.3) is 5.91 Å². The molecule has 140 valence electrons. The van der Waals surface area contributed by atoms with Crippen LogP contribution in [0.2, 0.25) is 0 Å². The van der Waals surface area contributed by atoms with Gasteiger partial charge in [-0.1, -0.05) is 0 Å². The lowest BCUT2D eigenvalue weighted by atomic mass is 10.2. The van der Waals surface area contributed by atoms with Gasteiger partial charge >= 0.3 is 0 Å². The van der Waals surface area contributed by atoms with E-state index in [1.54, 1.807) is 25.1 Å². The SMILES string of the molecule is COc1cc(OC)cc(C(=O)NCCS(=O)(=O)N2CCOCC2C)c1. The van der Waals surface area contributed by atoms with Gasteiger partial charge < -0.3 is 19.5 Å². The molecule has 1 aromatic rings. The molecular formula is C16H24N2O6S. The van der Waals surface area contributed by atoms with Crippen molar-refractivity contribution in [3.8, 4) is 11.5 Å². The van der Waals surface area contributed by atoms with Gasteiger partial charge in [0.15, 0.2) is 0 Å². The Kier molecular flexibility index (Phi) is 6.63. The Morgan fingerprint density at radius 2 is 1.92 bits per heavy atom. The van der Waals surface area contributed by atoms with Crippen molar-refractivity contribution in [1.82, 2.24) is 9.62 Å². The molecule has 1 fully saturated rings. The predicted molar refractivity (Wildman–Crippen MR) is 92.7 cm³/mol. The van der Waals surface area contributed by atoms with Crippen LogP contribution in [0.5, 0.6) is 11.5 Å². The minimum absolute atomic E-state index is 0.0186. The van der Waals surface area contributed by atoms with Crippen LogP contribution in [0.1, 0.15) is 17.3 Å². The molecule has 1 aromatic carbocycles. The number of carbonyl (C=O) groups excluding carboxylic acids is 1. The molecule has 0 spiro atoms. The number of methoxy groups -OCH3 is 2. The zero-order chi connectivity index (χ0) is 18.4. The molecule has 1 aliphatic rings. The van der Waals surface area contributed by atoms with Crippen molar-refractivity contribution in [2.75, 3.05) is 46.3 Å². The summed E-state index contributed by atoms with van der Waals surface area (Å²) in [7, 11) is -0.462. The molecule has 0 radical (unpaired) electrons. The lowest BCUT2D eigenvalue weighted by Gasteiger charge is -2.32. The fourth-order valence-corrected chi connectivity index (χ4v) is 4.13. The molecule has 9 heteroatoms. The van der Waals surface area contributed by atoms with Crippen LogP contribution < -0.4 is 14.8 Å². The third-order valence-corrected chi connectivity index (χ3v) is 5.90. The summed E-state index contributed by atoms with van der Waals surface area (Å²) in [5.41, 5.74) is 0.341. The molecule has 1 unspecified atom stereocenters. The second kappa shape index (κ2) is 8.50. The van der Waals surface area contributed by atoms with Crippen LogP contribution >= 0.6 is 0 Å². The van der Waals surface area contributed by atoms with E-state index in [1.165, 1.54) is 18.5 Å². The number of hydrogen-bond donors (Lipinski definition) is 1. The first-order valence-electron chi connectivity index (χ1n) is 7.96. The Balaban J connectivity index is 1.96. The maximum absolute atomic E-state index is 12.4. The molecule has 0 aromatic heterocycles. The quantitative estimate of drug-likeness (QED) is 0.748. The summed E-state index contributed by atoms with van der Waals surface area (Å²) in [4.78, 5) is 12.3. The van der Waals surface area contributed by atoms with Crippen LogP contribution in [0.4, 0.5) is 0 Å². The molecule has 0 aliphatic carbocycles. The Labute approximate surface area is 148 Å². The molecule has 2 rings (SSSR count). The minimum atomic E-state index is -3.45. The number of morpholine rings is 1. The normalized spacial score (nSPS) is 18.6. The smallest absolute Gasteiger partial charge is 0.251 e. The lowest BCUT2D eigenvalue weighted by Crippen LogP contribution is -2.49. The molecule has 1 aliphatic heterocycles. The third-order valence-electron chi connectivity index (χ3n) is 3.92. The largest absolute Gasteiger partial charge is 0.497 e. The van der Waals surface area contributed by atoms with E-state index in [2.05, 4.69) is 5.32 Å². The fraction of sp³-hybridized carbons (Fsp3) is 0.562. The van der Waals surface area contributed by atoms with Gasteiger partial charge in [-0.25, -0.2) is 8.42 Å². The lowest BCUT2D eigenvalue weighted by molar-refractivity contribution is 0.0393. The maximum Gasteiger partial charge on any atom is 0.251 e. The third kappa shape index (κ3) is 5.07. The summed E-state index contributed by atoms with van der Waals surface area (Å²) < 4.78 is 41.7. The van der Waals surface area contributed by atoms with Gasteiger partial charge in [0.1, 0.15) is 11.5 Å². The highest BCUT2D eigenvalue weighted by molar-refractivity contribution is 7.89. The summed E-state index contributed by atoms with van der Waals surface area (Å²) in [6.45, 7) is 2.93. The summed E-state index contributed by atoms with van der Waals surface area (Å²) in [5.74, 6) is 0.422. The summed E-state index contributed by atoms with van der Waals surface area (Å²) in [6.07, 6.45) is 0. The highest BCUT2D eigenvalue weighted by atomic mass is 32.2. The molecule has 1 amide bonds. The minimum Gasteiger partial charge on any atom is -0.497 e. The molecule has 8 nitrogen and oxygen atoms in total. The van der Waals surface area contributed by atoms with Crippen LogP contribution in [0.25, 0.3) is 0 Å². The molecule has 1 N–H and O–H groups in total. The summed E-state index contributed by atoms with van der Waals surface area (Å²) >= 11 is 0. The molecule has 1 saturated heterocycles. The van der Waals surface area contributed by atoms with Crippen molar-refractivity contribution >= 4 is 15.9 Å². The number of rotatable bonds is 7. The van der Waals surface area contributed by atoms with Crippen LogP contribution in [-0.4, -0.2) is 70.9 Å². The molecule has 1 atom stereocenters. The number of nitrogens with one attached hydrogen (secondary N) is 1. The molecule has 0 saturated carbocycles. The Hall–Kier alpha value is -1.84. The summed E-state index contributed by atoms with van der Waals surface area (Å²) in [6, 6.07) is 4.59. The standard InChI is InChI=1S/C16H24N2O6S/c1-12-11-24-6-5-18(12)25(20,21)7-4-17-16(19)13-8-14(22-2)10-15(9-13)23-3/h8-10,12H,4-7,11H2,1-3H3,(H,17,19). The highest BCUT2D eigenvalue weighted by Gasteiger charge is 2.29. The van der Waals surface area contributed by atoms with Crippen molar-refractivity contribution in [3.63, 3.8) is 0 Å². The van der Waals surface area contributed by atoms with Crippen molar-refractivity contribution in [1.29, 1.82) is 0 Å². The van der Waals surface area contributed by atoms with Crippen molar-refractivity contribution in [2.24, 2.45) is 0 Å². The van der Waals surface area contributed by atoms with E-state index in [1.807, 2.05) is 0 Å². The number of amides is 1. The first kappa shape index (κ1) is 19.5. The van der Waals surface area contributed by atoms with Gasteiger partial charge in [0.05, 0.1) is 33.2 Å². The Morgan fingerprint density at radius 1 is 1.28 bits per heavy atom. The van der Waals surface area contributed by atoms with Crippen LogP contribution in [0, 0.1) is 0 Å². The van der Waals surface area contributed by atoms with E-state index >= 15 is 0 Å². The number of carbonyl (C=O) groups is 1. The van der Waals surface area contributed by atoms with Crippen molar-refractivity contribution < 1.29 is 27.4 Å². The maximum atomic E-state index is 12.4. The van der Waals surface area contributed by atoms with Gasteiger partial charge in [0, 0.05) is 30.8 Å². The van der Waals surface area contributed by atoms with E-state index < -0.39 is 10.0 Å². The predicted octanol–water partition coefficient (Wildman–Crippen LogP) is 0.484.